The van der Waals surface area contributed by atoms with Crippen molar-refractivity contribution in [3.05, 3.63) is 46.6 Å². The van der Waals surface area contributed by atoms with E-state index in [0.29, 0.717) is 43.5 Å². The van der Waals surface area contributed by atoms with Crippen molar-refractivity contribution in [2.45, 2.75) is 25.8 Å². The Balaban J connectivity index is 1.28. The average Bonchev–Trinajstić information content (AvgIpc) is 3.36. The molecule has 0 spiro atoms. The highest BCUT2D eigenvalue weighted by atomic mass is 32.1. The summed E-state index contributed by atoms with van der Waals surface area (Å²) in [6.07, 6.45) is 2.21. The van der Waals surface area contributed by atoms with Gasteiger partial charge >= 0.3 is 0 Å². The number of ether oxygens (including phenoxy) is 1. The molecule has 1 aromatic carbocycles. The molecule has 1 saturated heterocycles. The fraction of sp³-hybridized carbons (Fsp3) is 0.381. The van der Waals surface area contributed by atoms with Gasteiger partial charge < -0.3 is 19.9 Å². The number of hydrogen-bond donors (Lipinski definition) is 2. The lowest BCUT2D eigenvalue weighted by molar-refractivity contribution is -0.122. The average molecular weight is 410 g/mol. The lowest BCUT2D eigenvalue weighted by Gasteiger charge is -2.25. The summed E-state index contributed by atoms with van der Waals surface area (Å²) in [4.78, 5) is 36.1. The minimum Gasteiger partial charge on any atom is -0.381 e. The molecule has 29 heavy (non-hydrogen) atoms. The van der Waals surface area contributed by atoms with E-state index in [1.807, 2.05) is 35.2 Å². The summed E-state index contributed by atoms with van der Waals surface area (Å²) in [7, 11) is 0. The van der Waals surface area contributed by atoms with E-state index in [2.05, 4.69) is 15.3 Å². The summed E-state index contributed by atoms with van der Waals surface area (Å²) in [6.45, 7) is 2.42. The topological polar surface area (TPSA) is 87.3 Å². The third-order valence-corrected chi connectivity index (χ3v) is 6.60. The molecule has 150 valence electrons. The summed E-state index contributed by atoms with van der Waals surface area (Å²) in [5.41, 5.74) is 2.55. The highest BCUT2D eigenvalue weighted by Gasteiger charge is 2.27. The summed E-state index contributed by atoms with van der Waals surface area (Å²) in [5, 5.41) is 4.63. The van der Waals surface area contributed by atoms with Gasteiger partial charge in [-0.2, -0.15) is 0 Å². The summed E-state index contributed by atoms with van der Waals surface area (Å²) in [5.74, 6) is 0.00297. The third-order valence-electron chi connectivity index (χ3n) is 5.60. The normalized spacial score (nSPS) is 17.3. The van der Waals surface area contributed by atoms with E-state index in [4.69, 9.17) is 4.74 Å². The van der Waals surface area contributed by atoms with E-state index < -0.39 is 0 Å². The molecule has 2 aromatic heterocycles. The molecule has 3 aromatic rings. The van der Waals surface area contributed by atoms with Gasteiger partial charge in [-0.3, -0.25) is 9.59 Å². The van der Waals surface area contributed by atoms with Crippen molar-refractivity contribution in [2.24, 2.45) is 5.92 Å². The van der Waals surface area contributed by atoms with E-state index in [0.717, 1.165) is 34.3 Å². The zero-order valence-corrected chi connectivity index (χ0v) is 16.8. The molecule has 0 radical (unpaired) electrons. The van der Waals surface area contributed by atoms with E-state index in [1.165, 1.54) is 11.3 Å². The molecule has 1 fully saturated rings. The lowest BCUT2D eigenvalue weighted by Crippen LogP contribution is -2.35. The summed E-state index contributed by atoms with van der Waals surface area (Å²) in [6, 6.07) is 9.78. The van der Waals surface area contributed by atoms with E-state index in [-0.39, 0.29) is 17.7 Å². The predicted octanol–water partition coefficient (Wildman–Crippen LogP) is 3.19. The second-order valence-corrected chi connectivity index (χ2v) is 8.60. The number of nitrogens with one attached hydrogen (secondary N) is 2. The SMILES string of the molecule is O=C(Nc1nc2c(s1)CN(C(=O)c1cc3ccccc3[nH]1)CC2)C1CCOCC1. The van der Waals surface area contributed by atoms with Crippen LogP contribution in [-0.4, -0.2) is 46.4 Å². The minimum absolute atomic E-state index is 0.00644. The first-order valence-electron chi connectivity index (χ1n) is 9.91. The molecule has 0 unspecified atom stereocenters. The van der Waals surface area contributed by atoms with Crippen LogP contribution in [0.4, 0.5) is 5.13 Å². The van der Waals surface area contributed by atoms with Crippen LogP contribution in [0.3, 0.4) is 0 Å². The maximum absolute atomic E-state index is 13.0. The molecule has 0 atom stereocenters. The maximum Gasteiger partial charge on any atom is 0.270 e. The number of thiazole rings is 1. The van der Waals surface area contributed by atoms with Crippen LogP contribution in [0.1, 0.15) is 33.9 Å². The number of anilines is 1. The van der Waals surface area contributed by atoms with Gasteiger partial charge in [-0.1, -0.05) is 29.5 Å². The number of amides is 2. The Morgan fingerprint density at radius 3 is 2.90 bits per heavy atom. The molecule has 4 heterocycles. The first-order chi connectivity index (χ1) is 14.2. The Kier molecular flexibility index (Phi) is 4.81. The van der Waals surface area contributed by atoms with Gasteiger partial charge in [0.2, 0.25) is 5.91 Å². The van der Waals surface area contributed by atoms with Crippen LogP contribution in [0.2, 0.25) is 0 Å². The largest absolute Gasteiger partial charge is 0.381 e. The first-order valence-corrected chi connectivity index (χ1v) is 10.7. The molecule has 0 saturated carbocycles. The number of carbonyl (C=O) groups excluding carboxylic acids is 2. The molecule has 7 nitrogen and oxygen atoms in total. The summed E-state index contributed by atoms with van der Waals surface area (Å²) >= 11 is 1.47. The van der Waals surface area contributed by atoms with Crippen molar-refractivity contribution < 1.29 is 14.3 Å². The zero-order chi connectivity index (χ0) is 19.8. The molecule has 2 aliphatic rings. The molecule has 2 aliphatic heterocycles. The van der Waals surface area contributed by atoms with Crippen molar-refractivity contribution in [1.29, 1.82) is 0 Å². The number of nitrogens with zero attached hydrogens (tertiary/aromatic N) is 2. The Morgan fingerprint density at radius 1 is 1.24 bits per heavy atom. The molecule has 2 N–H and O–H groups in total. The third kappa shape index (κ3) is 3.65. The Morgan fingerprint density at radius 2 is 2.07 bits per heavy atom. The van der Waals surface area contributed by atoms with E-state index >= 15 is 0 Å². The molecular weight excluding hydrogens is 388 g/mol. The number of carbonyl (C=O) groups is 2. The quantitative estimate of drug-likeness (QED) is 0.694. The number of para-hydroxylation sites is 1. The second-order valence-electron chi connectivity index (χ2n) is 7.51. The molecule has 0 aliphatic carbocycles. The van der Waals surface area contributed by atoms with E-state index in [1.54, 1.807) is 0 Å². The van der Waals surface area contributed by atoms with Gasteiger partial charge in [-0.05, 0) is 25.0 Å². The molecule has 0 bridgehead atoms. The van der Waals surface area contributed by atoms with Gasteiger partial charge in [-0.15, -0.1) is 0 Å². The number of aromatic amines is 1. The first kappa shape index (κ1) is 18.3. The minimum atomic E-state index is -0.00948. The Hall–Kier alpha value is -2.71. The number of rotatable bonds is 3. The van der Waals surface area contributed by atoms with Crippen LogP contribution >= 0.6 is 11.3 Å². The van der Waals surface area contributed by atoms with Crippen LogP contribution in [-0.2, 0) is 22.5 Å². The highest BCUT2D eigenvalue weighted by Crippen LogP contribution is 2.30. The fourth-order valence-corrected chi connectivity index (χ4v) is 4.98. The summed E-state index contributed by atoms with van der Waals surface area (Å²) < 4.78 is 5.32. The van der Waals surface area contributed by atoms with Gasteiger partial charge in [0.25, 0.3) is 5.91 Å². The van der Waals surface area contributed by atoms with Gasteiger partial charge in [0.1, 0.15) is 5.69 Å². The van der Waals surface area contributed by atoms with Crippen molar-refractivity contribution in [2.75, 3.05) is 25.1 Å². The van der Waals surface area contributed by atoms with Crippen LogP contribution in [0.25, 0.3) is 10.9 Å². The molecule has 8 heteroatoms. The number of fused-ring (bicyclic) bond motifs is 2. The molecule has 2 amide bonds. The van der Waals surface area contributed by atoms with Gasteiger partial charge in [-0.25, -0.2) is 4.98 Å². The van der Waals surface area contributed by atoms with Crippen LogP contribution in [0, 0.1) is 5.92 Å². The molecule has 5 rings (SSSR count). The monoisotopic (exact) mass is 410 g/mol. The van der Waals surface area contributed by atoms with Crippen molar-refractivity contribution in [1.82, 2.24) is 14.9 Å². The smallest absolute Gasteiger partial charge is 0.270 e. The standard InChI is InChI=1S/C21H22N4O3S/c26-19(13-6-9-28-10-7-13)24-21-23-16-5-8-25(12-18(16)29-21)20(27)17-11-14-3-1-2-4-15(14)22-17/h1-4,11,13,22H,5-10,12H2,(H,23,24,26). The molecular formula is C21H22N4O3S. The highest BCUT2D eigenvalue weighted by molar-refractivity contribution is 7.15. The van der Waals surface area contributed by atoms with Crippen molar-refractivity contribution in [3.63, 3.8) is 0 Å². The van der Waals surface area contributed by atoms with Crippen molar-refractivity contribution >= 4 is 39.2 Å². The maximum atomic E-state index is 13.0. The Bertz CT molecular complexity index is 1030. The fourth-order valence-electron chi connectivity index (χ4n) is 3.95. The lowest BCUT2D eigenvalue weighted by atomic mass is 10.00. The van der Waals surface area contributed by atoms with Crippen LogP contribution in [0.5, 0.6) is 0 Å². The number of hydrogen-bond acceptors (Lipinski definition) is 5. The number of benzene rings is 1. The van der Waals surface area contributed by atoms with Crippen LogP contribution in [0.15, 0.2) is 30.3 Å². The van der Waals surface area contributed by atoms with E-state index in [9.17, 15) is 9.59 Å². The van der Waals surface area contributed by atoms with Gasteiger partial charge in [0, 0.05) is 47.9 Å². The van der Waals surface area contributed by atoms with Crippen molar-refractivity contribution in [3.8, 4) is 0 Å². The second kappa shape index (κ2) is 7.61. The number of H-pyrrole nitrogens is 1. The zero-order valence-electron chi connectivity index (χ0n) is 15.9. The van der Waals surface area contributed by atoms with Gasteiger partial charge in [0.05, 0.1) is 12.2 Å². The Labute approximate surface area is 172 Å². The van der Waals surface area contributed by atoms with Gasteiger partial charge in [0.15, 0.2) is 5.13 Å². The number of aromatic nitrogens is 2. The predicted molar refractivity (Wildman–Crippen MR) is 111 cm³/mol. The van der Waals surface area contributed by atoms with Crippen LogP contribution < -0.4 is 5.32 Å².